The minimum absolute atomic E-state index is 0.173. The fraction of sp³-hybridized carbons (Fsp3) is 0.133. The van der Waals surface area contributed by atoms with Crippen LogP contribution in [-0.4, -0.2) is 20.6 Å². The molecule has 3 rings (SSSR count). The lowest BCUT2D eigenvalue weighted by Crippen LogP contribution is -2.05. The van der Waals surface area contributed by atoms with Crippen LogP contribution in [0.3, 0.4) is 0 Å². The molecule has 1 aromatic heterocycles. The number of halogens is 1. The van der Waals surface area contributed by atoms with Crippen molar-refractivity contribution < 1.29 is 9.13 Å². The van der Waals surface area contributed by atoms with Gasteiger partial charge in [0.15, 0.2) is 0 Å². The number of aromatic nitrogens is 4. The molecule has 112 valence electrons. The van der Waals surface area contributed by atoms with E-state index in [2.05, 4.69) is 25.9 Å². The van der Waals surface area contributed by atoms with Crippen molar-refractivity contribution in [1.29, 1.82) is 0 Å². The summed E-state index contributed by atoms with van der Waals surface area (Å²) in [6, 6.07) is 14.1. The lowest BCUT2D eigenvalue weighted by Gasteiger charge is -2.12. The zero-order valence-electron chi connectivity index (χ0n) is 11.7. The second-order valence-corrected chi connectivity index (χ2v) is 4.58. The van der Waals surface area contributed by atoms with Crippen molar-refractivity contribution in [3.63, 3.8) is 0 Å². The zero-order valence-corrected chi connectivity index (χ0v) is 11.7. The Hall–Kier alpha value is -2.96. The molecule has 0 radical (unpaired) electrons. The topological polar surface area (TPSA) is 75.7 Å². The molecule has 0 saturated carbocycles. The molecule has 0 spiro atoms. The lowest BCUT2D eigenvalue weighted by atomic mass is 10.2. The van der Waals surface area contributed by atoms with Gasteiger partial charge in [0.1, 0.15) is 18.2 Å². The number of para-hydroxylation sites is 1. The summed E-state index contributed by atoms with van der Waals surface area (Å²) in [5.74, 6) is 0.815. The summed E-state index contributed by atoms with van der Waals surface area (Å²) in [6.07, 6.45) is 0. The van der Waals surface area contributed by atoms with Gasteiger partial charge in [-0.25, -0.2) is 4.39 Å². The average molecular weight is 299 g/mol. The maximum absolute atomic E-state index is 13.6. The Morgan fingerprint density at radius 3 is 2.59 bits per heavy atom. The predicted molar refractivity (Wildman–Crippen MR) is 78.7 cm³/mol. The van der Waals surface area contributed by atoms with E-state index >= 15 is 0 Å². The third-order valence-electron chi connectivity index (χ3n) is 3.10. The summed E-state index contributed by atoms with van der Waals surface area (Å²) >= 11 is 0. The van der Waals surface area contributed by atoms with E-state index in [1.807, 2.05) is 24.3 Å². The first-order valence-corrected chi connectivity index (χ1v) is 6.74. The highest BCUT2D eigenvalue weighted by atomic mass is 19.1. The Morgan fingerprint density at radius 2 is 1.82 bits per heavy atom. The van der Waals surface area contributed by atoms with Crippen molar-refractivity contribution in [2.24, 2.45) is 0 Å². The SMILES string of the molecule is Fc1ccccc1COc1ccccc1CNc1nn[nH]n1. The third kappa shape index (κ3) is 3.38. The van der Waals surface area contributed by atoms with Crippen molar-refractivity contribution >= 4 is 5.95 Å². The van der Waals surface area contributed by atoms with Crippen molar-refractivity contribution in [2.75, 3.05) is 5.32 Å². The molecule has 0 unspecified atom stereocenters. The Balaban J connectivity index is 1.67. The minimum Gasteiger partial charge on any atom is -0.488 e. The minimum atomic E-state index is -0.273. The zero-order chi connectivity index (χ0) is 15.2. The summed E-state index contributed by atoms with van der Waals surface area (Å²) in [6.45, 7) is 0.652. The van der Waals surface area contributed by atoms with E-state index in [4.69, 9.17) is 4.74 Å². The molecule has 0 bridgehead atoms. The van der Waals surface area contributed by atoms with Crippen LogP contribution in [0.5, 0.6) is 5.75 Å². The summed E-state index contributed by atoms with van der Waals surface area (Å²) < 4.78 is 19.3. The van der Waals surface area contributed by atoms with Crippen LogP contribution in [0, 0.1) is 5.82 Å². The predicted octanol–water partition coefficient (Wildman–Crippen LogP) is 2.53. The van der Waals surface area contributed by atoms with E-state index in [9.17, 15) is 4.39 Å². The fourth-order valence-corrected chi connectivity index (χ4v) is 1.97. The van der Waals surface area contributed by atoms with Crippen molar-refractivity contribution in [3.8, 4) is 5.75 Å². The molecule has 1 heterocycles. The number of tetrazole rings is 1. The number of nitrogens with one attached hydrogen (secondary N) is 2. The second-order valence-electron chi connectivity index (χ2n) is 4.58. The van der Waals surface area contributed by atoms with Crippen LogP contribution in [0.2, 0.25) is 0 Å². The molecule has 0 fully saturated rings. The monoisotopic (exact) mass is 299 g/mol. The van der Waals surface area contributed by atoms with E-state index in [0.717, 1.165) is 5.56 Å². The molecule has 0 aliphatic carbocycles. The quantitative estimate of drug-likeness (QED) is 0.731. The number of hydrogen-bond donors (Lipinski definition) is 2. The molecular formula is C15H14FN5O. The Bertz CT molecular complexity index is 732. The van der Waals surface area contributed by atoms with Crippen LogP contribution < -0.4 is 10.1 Å². The number of aromatic amines is 1. The van der Waals surface area contributed by atoms with Crippen molar-refractivity contribution in [1.82, 2.24) is 20.6 Å². The summed E-state index contributed by atoms with van der Waals surface area (Å²) in [4.78, 5) is 0. The average Bonchev–Trinajstić information content (AvgIpc) is 3.06. The van der Waals surface area contributed by atoms with Gasteiger partial charge in [-0.2, -0.15) is 5.21 Å². The summed E-state index contributed by atoms with van der Waals surface area (Å²) in [5, 5.41) is 16.5. The molecule has 0 saturated heterocycles. The van der Waals surface area contributed by atoms with Crippen LogP contribution in [0.1, 0.15) is 11.1 Å². The number of ether oxygens (including phenoxy) is 1. The van der Waals surface area contributed by atoms with Crippen molar-refractivity contribution in [3.05, 3.63) is 65.5 Å². The molecule has 0 amide bonds. The molecule has 7 heteroatoms. The molecule has 6 nitrogen and oxygen atoms in total. The van der Waals surface area contributed by atoms with Crippen LogP contribution in [-0.2, 0) is 13.2 Å². The molecule has 0 atom stereocenters. The first kappa shape index (κ1) is 14.0. The Morgan fingerprint density at radius 1 is 1.05 bits per heavy atom. The molecular weight excluding hydrogens is 285 g/mol. The van der Waals surface area contributed by atoms with Gasteiger partial charge in [-0.05, 0) is 17.3 Å². The number of hydrogen-bond acceptors (Lipinski definition) is 5. The number of anilines is 1. The van der Waals surface area contributed by atoms with Gasteiger partial charge in [0, 0.05) is 17.7 Å². The molecule has 0 aliphatic heterocycles. The smallest absolute Gasteiger partial charge is 0.263 e. The van der Waals surface area contributed by atoms with Crippen LogP contribution in [0.25, 0.3) is 0 Å². The summed E-state index contributed by atoms with van der Waals surface area (Å²) in [7, 11) is 0. The van der Waals surface area contributed by atoms with Gasteiger partial charge in [0.2, 0.25) is 0 Å². The lowest BCUT2D eigenvalue weighted by molar-refractivity contribution is 0.297. The largest absolute Gasteiger partial charge is 0.488 e. The van der Waals surface area contributed by atoms with Crippen molar-refractivity contribution in [2.45, 2.75) is 13.2 Å². The maximum atomic E-state index is 13.6. The normalized spacial score (nSPS) is 10.4. The number of H-pyrrole nitrogens is 1. The molecule has 2 aromatic carbocycles. The van der Waals surface area contributed by atoms with Gasteiger partial charge in [-0.1, -0.05) is 41.5 Å². The molecule has 22 heavy (non-hydrogen) atoms. The number of rotatable bonds is 6. The van der Waals surface area contributed by atoms with E-state index < -0.39 is 0 Å². The standard InChI is InChI=1S/C15H14FN5O/c16-13-7-3-1-6-12(13)10-22-14-8-4-2-5-11(14)9-17-15-18-20-21-19-15/h1-8H,9-10H2,(H2,17,18,19,20,21). The van der Waals surface area contributed by atoms with Gasteiger partial charge in [0.05, 0.1) is 0 Å². The van der Waals surface area contributed by atoms with Gasteiger partial charge in [-0.15, -0.1) is 5.10 Å². The van der Waals surface area contributed by atoms with Gasteiger partial charge in [-0.3, -0.25) is 0 Å². The Kier molecular flexibility index (Phi) is 4.24. The van der Waals surface area contributed by atoms with Crippen LogP contribution >= 0.6 is 0 Å². The highest BCUT2D eigenvalue weighted by molar-refractivity contribution is 5.36. The molecule has 3 aromatic rings. The number of benzene rings is 2. The third-order valence-corrected chi connectivity index (χ3v) is 3.10. The fourth-order valence-electron chi connectivity index (χ4n) is 1.97. The first-order chi connectivity index (χ1) is 10.8. The van der Waals surface area contributed by atoms with Gasteiger partial charge >= 0.3 is 0 Å². The summed E-state index contributed by atoms with van der Waals surface area (Å²) in [5.41, 5.74) is 1.44. The van der Waals surface area contributed by atoms with E-state index in [0.29, 0.717) is 23.8 Å². The first-order valence-electron chi connectivity index (χ1n) is 6.74. The molecule has 2 N–H and O–H groups in total. The van der Waals surface area contributed by atoms with Gasteiger partial charge in [0.25, 0.3) is 5.95 Å². The molecule has 0 aliphatic rings. The Labute approximate surface area is 126 Å². The van der Waals surface area contributed by atoms with E-state index in [1.165, 1.54) is 6.07 Å². The maximum Gasteiger partial charge on any atom is 0.263 e. The number of nitrogens with zero attached hydrogens (tertiary/aromatic N) is 3. The van der Waals surface area contributed by atoms with Crippen LogP contribution in [0.15, 0.2) is 48.5 Å². The second kappa shape index (κ2) is 6.66. The highest BCUT2D eigenvalue weighted by Crippen LogP contribution is 2.20. The highest BCUT2D eigenvalue weighted by Gasteiger charge is 2.06. The van der Waals surface area contributed by atoms with E-state index in [1.54, 1.807) is 18.2 Å². The van der Waals surface area contributed by atoms with Gasteiger partial charge < -0.3 is 10.1 Å². The van der Waals surface area contributed by atoms with E-state index in [-0.39, 0.29) is 12.4 Å². The van der Waals surface area contributed by atoms with Crippen LogP contribution in [0.4, 0.5) is 10.3 Å².